The summed E-state index contributed by atoms with van der Waals surface area (Å²) >= 11 is 11.8. The number of rotatable bonds is 4. The van der Waals surface area contributed by atoms with Gasteiger partial charge in [0.25, 0.3) is 11.8 Å². The Morgan fingerprint density at radius 2 is 1.40 bits per heavy atom. The van der Waals surface area contributed by atoms with Crippen LogP contribution in [0.4, 0.5) is 24.5 Å². The maximum absolute atomic E-state index is 12.8. The summed E-state index contributed by atoms with van der Waals surface area (Å²) in [5.74, 6) is -1.14. The molecule has 2 N–H and O–H groups in total. The molecule has 0 aliphatic heterocycles. The van der Waals surface area contributed by atoms with E-state index in [1.807, 2.05) is 0 Å². The van der Waals surface area contributed by atoms with E-state index in [4.69, 9.17) is 23.2 Å². The smallest absolute Gasteiger partial charge is 0.322 e. The number of halogens is 5. The molecule has 0 fully saturated rings. The monoisotopic (exact) mass is 452 g/mol. The number of hydrogen-bond acceptors (Lipinski definition) is 2. The minimum atomic E-state index is -4.52. The van der Waals surface area contributed by atoms with E-state index >= 15 is 0 Å². The van der Waals surface area contributed by atoms with Crippen molar-refractivity contribution in [2.75, 3.05) is 10.6 Å². The van der Waals surface area contributed by atoms with Gasteiger partial charge in [-0.3, -0.25) is 9.59 Å². The number of nitrogens with one attached hydrogen (secondary N) is 2. The minimum absolute atomic E-state index is 0.00258. The first-order valence-electron chi connectivity index (χ1n) is 8.48. The number of carbonyl (C=O) groups excluding carboxylic acids is 2. The number of amides is 2. The molecule has 3 aromatic carbocycles. The molecule has 9 heteroatoms. The van der Waals surface area contributed by atoms with Gasteiger partial charge in [-0.2, -0.15) is 13.2 Å². The lowest BCUT2D eigenvalue weighted by Gasteiger charge is -2.11. The molecule has 3 aromatic rings. The zero-order chi connectivity index (χ0) is 21.9. The number of anilines is 2. The van der Waals surface area contributed by atoms with Crippen molar-refractivity contribution in [3.8, 4) is 0 Å². The van der Waals surface area contributed by atoms with E-state index in [0.29, 0.717) is 10.7 Å². The van der Waals surface area contributed by atoms with E-state index < -0.39 is 23.6 Å². The van der Waals surface area contributed by atoms with Gasteiger partial charge >= 0.3 is 6.18 Å². The second-order valence-corrected chi connectivity index (χ2v) is 7.04. The molecule has 0 saturated heterocycles. The Morgan fingerprint density at radius 1 is 0.767 bits per heavy atom. The van der Waals surface area contributed by atoms with E-state index in [1.165, 1.54) is 48.5 Å². The predicted molar refractivity (Wildman–Crippen MR) is 110 cm³/mol. The Morgan fingerprint density at radius 3 is 2.07 bits per heavy atom. The molecule has 2 amide bonds. The fourth-order valence-electron chi connectivity index (χ4n) is 2.59. The van der Waals surface area contributed by atoms with E-state index in [-0.39, 0.29) is 21.8 Å². The predicted octanol–water partition coefficient (Wildman–Crippen LogP) is 6.52. The van der Waals surface area contributed by atoms with Crippen molar-refractivity contribution in [1.29, 1.82) is 0 Å². The molecule has 0 aromatic heterocycles. The Labute approximate surface area is 179 Å². The van der Waals surface area contributed by atoms with Gasteiger partial charge in [0.2, 0.25) is 0 Å². The van der Waals surface area contributed by atoms with Gasteiger partial charge in [0, 0.05) is 22.0 Å². The van der Waals surface area contributed by atoms with Gasteiger partial charge in [-0.25, -0.2) is 0 Å². The molecule has 0 atom stereocenters. The van der Waals surface area contributed by atoms with Gasteiger partial charge in [0.05, 0.1) is 16.1 Å². The number of alkyl halides is 3. The Kier molecular flexibility index (Phi) is 6.34. The lowest BCUT2D eigenvalue weighted by molar-refractivity contribution is -0.137. The quantitative estimate of drug-likeness (QED) is 0.473. The average Bonchev–Trinajstić information content (AvgIpc) is 2.67. The first kappa shape index (κ1) is 21.7. The van der Waals surface area contributed by atoms with Gasteiger partial charge in [-0.05, 0) is 54.6 Å². The van der Waals surface area contributed by atoms with Crippen molar-refractivity contribution < 1.29 is 22.8 Å². The number of benzene rings is 3. The molecule has 4 nitrogen and oxygen atoms in total. The third kappa shape index (κ3) is 5.31. The highest BCUT2D eigenvalue weighted by molar-refractivity contribution is 6.37. The van der Waals surface area contributed by atoms with E-state index in [2.05, 4.69) is 10.6 Å². The third-order valence-electron chi connectivity index (χ3n) is 4.01. The van der Waals surface area contributed by atoms with Crippen molar-refractivity contribution in [3.05, 3.63) is 93.5 Å². The van der Waals surface area contributed by atoms with Crippen molar-refractivity contribution in [2.45, 2.75) is 6.18 Å². The summed E-state index contributed by atoms with van der Waals surface area (Å²) < 4.78 is 38.5. The summed E-state index contributed by atoms with van der Waals surface area (Å²) in [5.41, 5.74) is -0.228. The van der Waals surface area contributed by atoms with Crippen LogP contribution in [0.25, 0.3) is 0 Å². The average molecular weight is 453 g/mol. The summed E-state index contributed by atoms with van der Waals surface area (Å²) in [6.45, 7) is 0. The molecular weight excluding hydrogens is 440 g/mol. The summed E-state index contributed by atoms with van der Waals surface area (Å²) in [6, 6.07) is 14.6. The topological polar surface area (TPSA) is 58.2 Å². The van der Waals surface area contributed by atoms with Crippen LogP contribution in [0, 0.1) is 0 Å². The Hall–Kier alpha value is -3.03. The Balaban J connectivity index is 1.75. The lowest BCUT2D eigenvalue weighted by Crippen LogP contribution is -2.15. The largest absolute Gasteiger partial charge is 0.416 e. The molecule has 0 bridgehead atoms. The molecule has 0 unspecified atom stereocenters. The Bertz CT molecular complexity index is 1120. The zero-order valence-corrected chi connectivity index (χ0v) is 16.6. The fourth-order valence-corrected chi connectivity index (χ4v) is 3.08. The number of carbonyl (C=O) groups is 2. The fraction of sp³-hybridized carbons (Fsp3) is 0.0476. The molecule has 30 heavy (non-hydrogen) atoms. The molecule has 154 valence electrons. The minimum Gasteiger partial charge on any atom is -0.322 e. The number of hydrogen-bond donors (Lipinski definition) is 2. The maximum atomic E-state index is 12.8. The highest BCUT2D eigenvalue weighted by Crippen LogP contribution is 2.30. The molecule has 0 radical (unpaired) electrons. The van der Waals surface area contributed by atoms with E-state index in [1.54, 1.807) is 6.07 Å². The van der Waals surface area contributed by atoms with Crippen molar-refractivity contribution in [3.63, 3.8) is 0 Å². The van der Waals surface area contributed by atoms with Crippen molar-refractivity contribution in [2.24, 2.45) is 0 Å². The summed E-state index contributed by atoms with van der Waals surface area (Å²) in [6.07, 6.45) is -4.52. The van der Waals surface area contributed by atoms with Crippen molar-refractivity contribution in [1.82, 2.24) is 0 Å². The summed E-state index contributed by atoms with van der Waals surface area (Å²) in [7, 11) is 0. The molecule has 0 saturated carbocycles. The second kappa shape index (κ2) is 8.77. The summed E-state index contributed by atoms with van der Waals surface area (Å²) in [5, 5.41) is 5.57. The van der Waals surface area contributed by atoms with Gasteiger partial charge in [0.1, 0.15) is 0 Å². The molecule has 0 aliphatic carbocycles. The van der Waals surface area contributed by atoms with Gasteiger partial charge in [-0.1, -0.05) is 35.3 Å². The summed E-state index contributed by atoms with van der Waals surface area (Å²) in [4.78, 5) is 24.8. The third-order valence-corrected chi connectivity index (χ3v) is 4.55. The molecule has 3 rings (SSSR count). The van der Waals surface area contributed by atoms with Gasteiger partial charge in [-0.15, -0.1) is 0 Å². The lowest BCUT2D eigenvalue weighted by atomic mass is 10.1. The highest BCUT2D eigenvalue weighted by atomic mass is 35.5. The van der Waals surface area contributed by atoms with Crippen LogP contribution >= 0.6 is 23.2 Å². The standard InChI is InChI=1S/C21H13Cl2F3N2O2/c22-14-7-8-17(18(23)11-14)20(30)28-15-5-1-3-12(9-15)19(29)27-16-6-2-4-13(10-16)21(24,25)26/h1-11H,(H,27,29)(H,28,30). The zero-order valence-electron chi connectivity index (χ0n) is 15.1. The molecule has 0 aliphatic rings. The van der Waals surface area contributed by atoms with Crippen LogP contribution in [0.15, 0.2) is 66.7 Å². The first-order chi connectivity index (χ1) is 14.1. The molecule has 0 spiro atoms. The van der Waals surface area contributed by atoms with Gasteiger partial charge in [0.15, 0.2) is 0 Å². The van der Waals surface area contributed by atoms with Crippen LogP contribution in [0.2, 0.25) is 10.0 Å². The SMILES string of the molecule is O=C(Nc1cccc(C(F)(F)F)c1)c1cccc(NC(=O)c2ccc(Cl)cc2Cl)c1. The molecule has 0 heterocycles. The van der Waals surface area contributed by atoms with Gasteiger partial charge < -0.3 is 10.6 Å². The van der Waals surface area contributed by atoms with Crippen molar-refractivity contribution >= 4 is 46.4 Å². The van der Waals surface area contributed by atoms with Crippen LogP contribution in [0.1, 0.15) is 26.3 Å². The van der Waals surface area contributed by atoms with Crippen LogP contribution in [0.5, 0.6) is 0 Å². The van der Waals surface area contributed by atoms with E-state index in [9.17, 15) is 22.8 Å². The second-order valence-electron chi connectivity index (χ2n) is 6.19. The normalized spacial score (nSPS) is 11.1. The van der Waals surface area contributed by atoms with Crippen LogP contribution in [0.3, 0.4) is 0 Å². The van der Waals surface area contributed by atoms with Crippen LogP contribution < -0.4 is 10.6 Å². The molecular formula is C21H13Cl2F3N2O2. The van der Waals surface area contributed by atoms with Crippen LogP contribution in [-0.4, -0.2) is 11.8 Å². The highest BCUT2D eigenvalue weighted by Gasteiger charge is 2.30. The van der Waals surface area contributed by atoms with Crippen LogP contribution in [-0.2, 0) is 6.18 Å². The maximum Gasteiger partial charge on any atom is 0.416 e. The van der Waals surface area contributed by atoms with E-state index in [0.717, 1.165) is 12.1 Å². The first-order valence-corrected chi connectivity index (χ1v) is 9.24.